The van der Waals surface area contributed by atoms with Gasteiger partial charge in [-0.2, -0.15) is 0 Å². The third kappa shape index (κ3) is 14.1. The molecule has 1 heteroatoms. The van der Waals surface area contributed by atoms with Crippen molar-refractivity contribution in [3.05, 3.63) is 71.8 Å². The molecule has 0 bridgehead atoms. The molecule has 0 saturated carbocycles. The second-order valence-electron chi connectivity index (χ2n) is 8.14. The Morgan fingerprint density at radius 2 is 0.862 bits per heavy atom. The quantitative estimate of drug-likeness (QED) is 0.265. The van der Waals surface area contributed by atoms with Gasteiger partial charge < -0.3 is 5.32 Å². The Kier molecular flexibility index (Phi) is 16.2. The molecule has 0 aliphatic heterocycles. The summed E-state index contributed by atoms with van der Waals surface area (Å²) in [5.41, 5.74) is 2.88. The maximum atomic E-state index is 3.55. The van der Waals surface area contributed by atoms with Gasteiger partial charge in [0.2, 0.25) is 0 Å². The van der Waals surface area contributed by atoms with Crippen molar-refractivity contribution in [3.8, 4) is 0 Å². The van der Waals surface area contributed by atoms with E-state index in [4.69, 9.17) is 0 Å². The lowest BCUT2D eigenvalue weighted by molar-refractivity contribution is 0.533. The minimum atomic E-state index is 0. The van der Waals surface area contributed by atoms with Crippen LogP contribution in [-0.4, -0.2) is 6.54 Å². The number of nitrogens with one attached hydrogen (secondary N) is 1. The van der Waals surface area contributed by atoms with E-state index in [-0.39, 0.29) is 7.43 Å². The molecule has 0 aliphatic rings. The maximum absolute atomic E-state index is 3.55. The van der Waals surface area contributed by atoms with Crippen LogP contribution in [0.1, 0.15) is 95.6 Å². The molecule has 0 unspecified atom stereocenters. The van der Waals surface area contributed by atoms with Gasteiger partial charge in [-0.15, -0.1) is 0 Å². The largest absolute Gasteiger partial charge is 0.313 e. The van der Waals surface area contributed by atoms with Gasteiger partial charge in [0.1, 0.15) is 0 Å². The van der Waals surface area contributed by atoms with E-state index in [1.54, 1.807) is 0 Å². The molecule has 2 aromatic rings. The van der Waals surface area contributed by atoms with Crippen LogP contribution in [0.15, 0.2) is 60.7 Å². The van der Waals surface area contributed by atoms with E-state index < -0.39 is 0 Å². The van der Waals surface area contributed by atoms with Gasteiger partial charge in [-0.3, -0.25) is 0 Å². The van der Waals surface area contributed by atoms with Gasteiger partial charge in [0.25, 0.3) is 0 Å². The van der Waals surface area contributed by atoms with Crippen LogP contribution in [0.3, 0.4) is 0 Å². The molecule has 162 valence electrons. The number of aryl methyl sites for hydroxylation is 1. The molecule has 1 N–H and O–H groups in total. The van der Waals surface area contributed by atoms with Crippen molar-refractivity contribution in [2.24, 2.45) is 0 Å². The lowest BCUT2D eigenvalue weighted by atomic mass is 10.0. The minimum Gasteiger partial charge on any atom is -0.313 e. The van der Waals surface area contributed by atoms with Crippen LogP contribution in [-0.2, 0) is 13.0 Å². The molecule has 0 saturated heterocycles. The Morgan fingerprint density at radius 3 is 1.38 bits per heavy atom. The average Bonchev–Trinajstić information content (AvgIpc) is 2.75. The van der Waals surface area contributed by atoms with Crippen LogP contribution < -0.4 is 5.32 Å². The van der Waals surface area contributed by atoms with Gasteiger partial charge in [-0.05, 0) is 36.9 Å². The molecule has 1 nitrogen and oxygen atoms in total. The van der Waals surface area contributed by atoms with Crippen LogP contribution in [0, 0.1) is 0 Å². The lowest BCUT2D eigenvalue weighted by Crippen LogP contribution is -2.14. The van der Waals surface area contributed by atoms with E-state index >= 15 is 0 Å². The third-order valence-electron chi connectivity index (χ3n) is 5.58. The highest BCUT2D eigenvalue weighted by molar-refractivity contribution is 5.15. The summed E-state index contributed by atoms with van der Waals surface area (Å²) in [6.45, 7) is 2.16. The molecule has 0 aliphatic carbocycles. The molecule has 0 spiro atoms. The zero-order valence-corrected chi connectivity index (χ0v) is 17.9. The van der Waals surface area contributed by atoms with E-state index in [0.29, 0.717) is 0 Å². The maximum Gasteiger partial charge on any atom is 0.0205 e. The van der Waals surface area contributed by atoms with Gasteiger partial charge >= 0.3 is 0 Å². The summed E-state index contributed by atoms with van der Waals surface area (Å²) in [5.74, 6) is 0. The molecule has 2 rings (SSSR count). The van der Waals surface area contributed by atoms with Crippen molar-refractivity contribution in [1.82, 2.24) is 5.32 Å². The Morgan fingerprint density at radius 1 is 0.448 bits per heavy atom. The van der Waals surface area contributed by atoms with Crippen LogP contribution in [0.4, 0.5) is 0 Å². The standard InChI is InChI=1S/C27H41N.CH4/c1(3-5-7-9-13-19-26-20-14-11-15-21-26)2-4-6-8-10-18-24-28-25-27-22-16-12-17-23-27;/h11-12,14-17,20-23,28H,1-10,13,18-19,24-25H2;1H4. The summed E-state index contributed by atoms with van der Waals surface area (Å²) in [6, 6.07) is 21.6. The summed E-state index contributed by atoms with van der Waals surface area (Å²) in [6.07, 6.45) is 18.1. The fourth-order valence-corrected chi connectivity index (χ4v) is 3.82. The molecular weight excluding hydrogens is 350 g/mol. The Bertz CT molecular complexity index is 510. The van der Waals surface area contributed by atoms with Gasteiger partial charge in [0.15, 0.2) is 0 Å². The van der Waals surface area contributed by atoms with Crippen LogP contribution >= 0.6 is 0 Å². The predicted octanol–water partition coefficient (Wildman–Crippen LogP) is 8.34. The van der Waals surface area contributed by atoms with Gasteiger partial charge in [0, 0.05) is 6.54 Å². The lowest BCUT2D eigenvalue weighted by Gasteiger charge is -2.05. The SMILES string of the molecule is C.c1ccc(CCCCCCCCCCCCCCNCc2ccccc2)cc1. The van der Waals surface area contributed by atoms with Crippen molar-refractivity contribution >= 4 is 0 Å². The topological polar surface area (TPSA) is 12.0 Å². The van der Waals surface area contributed by atoms with Gasteiger partial charge in [-0.25, -0.2) is 0 Å². The van der Waals surface area contributed by atoms with Crippen LogP contribution in [0.2, 0.25) is 0 Å². The number of unbranched alkanes of at least 4 members (excludes halogenated alkanes) is 11. The normalized spacial score (nSPS) is 10.6. The molecule has 2 aromatic carbocycles. The van der Waals surface area contributed by atoms with E-state index in [0.717, 1.165) is 13.1 Å². The molecule has 29 heavy (non-hydrogen) atoms. The zero-order valence-electron chi connectivity index (χ0n) is 17.9. The highest BCUT2D eigenvalue weighted by Gasteiger charge is 1.96. The fraction of sp³-hybridized carbons (Fsp3) is 0.571. The molecule has 0 heterocycles. The first kappa shape index (κ1) is 25.4. The molecule has 0 radical (unpaired) electrons. The number of rotatable bonds is 17. The van der Waals surface area contributed by atoms with Crippen LogP contribution in [0.5, 0.6) is 0 Å². The number of hydrogen-bond acceptors (Lipinski definition) is 1. The molecular formula is C28H45N. The first-order valence-corrected chi connectivity index (χ1v) is 11.7. The van der Waals surface area contributed by atoms with Gasteiger partial charge in [0.05, 0.1) is 0 Å². The molecule has 0 atom stereocenters. The summed E-state index contributed by atoms with van der Waals surface area (Å²) < 4.78 is 0. The van der Waals surface area contributed by atoms with Crippen molar-refractivity contribution in [2.45, 2.75) is 97.4 Å². The number of benzene rings is 2. The highest BCUT2D eigenvalue weighted by atomic mass is 14.8. The minimum absolute atomic E-state index is 0. The molecule has 0 aromatic heterocycles. The predicted molar refractivity (Wildman–Crippen MR) is 130 cm³/mol. The van der Waals surface area contributed by atoms with E-state index in [9.17, 15) is 0 Å². The molecule has 0 amide bonds. The van der Waals surface area contributed by atoms with Crippen molar-refractivity contribution in [1.29, 1.82) is 0 Å². The van der Waals surface area contributed by atoms with Crippen molar-refractivity contribution in [2.75, 3.05) is 6.54 Å². The Balaban J connectivity index is 0.00000420. The van der Waals surface area contributed by atoms with E-state index in [2.05, 4.69) is 66.0 Å². The Labute approximate surface area is 181 Å². The summed E-state index contributed by atoms with van der Waals surface area (Å²) in [5, 5.41) is 3.55. The highest BCUT2D eigenvalue weighted by Crippen LogP contribution is 2.13. The second-order valence-corrected chi connectivity index (χ2v) is 8.14. The van der Waals surface area contributed by atoms with E-state index in [1.165, 1.54) is 94.6 Å². The first-order valence-electron chi connectivity index (χ1n) is 11.7. The first-order chi connectivity index (χ1) is 13.9. The average molecular weight is 396 g/mol. The zero-order chi connectivity index (χ0) is 19.5. The van der Waals surface area contributed by atoms with Crippen molar-refractivity contribution in [3.63, 3.8) is 0 Å². The summed E-state index contributed by atoms with van der Waals surface area (Å²) >= 11 is 0. The van der Waals surface area contributed by atoms with Crippen LogP contribution in [0.25, 0.3) is 0 Å². The summed E-state index contributed by atoms with van der Waals surface area (Å²) in [4.78, 5) is 0. The monoisotopic (exact) mass is 395 g/mol. The third-order valence-corrected chi connectivity index (χ3v) is 5.58. The summed E-state index contributed by atoms with van der Waals surface area (Å²) in [7, 11) is 0. The fourth-order valence-electron chi connectivity index (χ4n) is 3.82. The van der Waals surface area contributed by atoms with E-state index in [1.807, 2.05) is 0 Å². The molecule has 0 fully saturated rings. The number of hydrogen-bond donors (Lipinski definition) is 1. The second kappa shape index (κ2) is 18.4. The Hall–Kier alpha value is -1.60. The van der Waals surface area contributed by atoms with Gasteiger partial charge in [-0.1, -0.05) is 132 Å². The van der Waals surface area contributed by atoms with Crippen molar-refractivity contribution < 1.29 is 0 Å². The smallest absolute Gasteiger partial charge is 0.0205 e.